The monoisotopic (exact) mass is 407 g/mol. The van der Waals surface area contributed by atoms with Crippen molar-refractivity contribution < 1.29 is 9.59 Å². The molecule has 5 nitrogen and oxygen atoms in total. The SMILES string of the molecule is CC(C)N[C@]1(C)CN(C)CC=CCCCCCC[C@@](C)(C(=O)C(C)C)NCC1=O. The van der Waals surface area contributed by atoms with Gasteiger partial charge in [-0.05, 0) is 54.0 Å². The highest BCUT2D eigenvalue weighted by atomic mass is 16.1. The van der Waals surface area contributed by atoms with E-state index in [9.17, 15) is 9.59 Å². The van der Waals surface area contributed by atoms with Gasteiger partial charge >= 0.3 is 0 Å². The lowest BCUT2D eigenvalue weighted by Crippen LogP contribution is -2.62. The minimum absolute atomic E-state index is 0.0513. The van der Waals surface area contributed by atoms with Gasteiger partial charge in [0, 0.05) is 25.0 Å². The summed E-state index contributed by atoms with van der Waals surface area (Å²) in [6.45, 7) is 13.7. The first-order valence-corrected chi connectivity index (χ1v) is 11.4. The maximum atomic E-state index is 13.3. The lowest BCUT2D eigenvalue weighted by atomic mass is 9.83. The molecule has 0 fully saturated rings. The third-order valence-corrected chi connectivity index (χ3v) is 5.90. The van der Waals surface area contributed by atoms with Crippen LogP contribution in [0, 0.1) is 5.92 Å². The maximum absolute atomic E-state index is 13.3. The number of rotatable bonds is 4. The molecular formula is C24H45N3O2. The number of hydrogen-bond donors (Lipinski definition) is 2. The number of carbonyl (C=O) groups excluding carboxylic acids is 2. The second kappa shape index (κ2) is 12.0. The Hall–Kier alpha value is -1.04. The van der Waals surface area contributed by atoms with Crippen molar-refractivity contribution in [2.45, 2.75) is 97.2 Å². The van der Waals surface area contributed by atoms with Crippen LogP contribution in [0.3, 0.4) is 0 Å². The number of nitrogens with one attached hydrogen (secondary N) is 2. The second-order valence-electron chi connectivity index (χ2n) is 9.88. The molecule has 0 amide bonds. The summed E-state index contributed by atoms with van der Waals surface area (Å²) in [5.74, 6) is 0.256. The molecule has 29 heavy (non-hydrogen) atoms. The van der Waals surface area contributed by atoms with Gasteiger partial charge in [0.05, 0.1) is 17.6 Å². The molecule has 0 aromatic rings. The predicted octanol–water partition coefficient (Wildman–Crippen LogP) is 3.73. The minimum atomic E-state index is -0.664. The summed E-state index contributed by atoms with van der Waals surface area (Å²) < 4.78 is 0. The molecule has 0 aliphatic carbocycles. The van der Waals surface area contributed by atoms with Gasteiger partial charge in [-0.25, -0.2) is 0 Å². The van der Waals surface area contributed by atoms with Crippen molar-refractivity contribution >= 4 is 11.6 Å². The summed E-state index contributed by atoms with van der Waals surface area (Å²) in [6.07, 6.45) is 10.8. The Kier molecular flexibility index (Phi) is 10.7. The van der Waals surface area contributed by atoms with E-state index in [1.807, 2.05) is 27.7 Å². The van der Waals surface area contributed by atoms with E-state index < -0.39 is 11.1 Å². The van der Waals surface area contributed by atoms with Crippen molar-refractivity contribution in [1.29, 1.82) is 0 Å². The van der Waals surface area contributed by atoms with Gasteiger partial charge in [0.15, 0.2) is 11.6 Å². The van der Waals surface area contributed by atoms with Crippen LogP contribution in [0.4, 0.5) is 0 Å². The molecule has 0 radical (unpaired) electrons. The molecule has 1 aliphatic rings. The number of hydrogen-bond acceptors (Lipinski definition) is 5. The van der Waals surface area contributed by atoms with Gasteiger partial charge in [-0.15, -0.1) is 0 Å². The van der Waals surface area contributed by atoms with Gasteiger partial charge in [-0.3, -0.25) is 14.9 Å². The van der Waals surface area contributed by atoms with Crippen LogP contribution in [0.1, 0.15) is 80.1 Å². The van der Waals surface area contributed by atoms with E-state index in [0.29, 0.717) is 6.54 Å². The van der Waals surface area contributed by atoms with Crippen LogP contribution in [0.25, 0.3) is 0 Å². The highest BCUT2D eigenvalue weighted by molar-refractivity contribution is 5.93. The summed E-state index contributed by atoms with van der Waals surface area (Å²) in [6, 6.07) is 0.196. The van der Waals surface area contributed by atoms with E-state index in [1.165, 1.54) is 12.8 Å². The molecule has 1 rings (SSSR count). The van der Waals surface area contributed by atoms with Crippen molar-refractivity contribution in [2.75, 3.05) is 26.7 Å². The zero-order valence-corrected chi connectivity index (χ0v) is 19.9. The summed E-state index contributed by atoms with van der Waals surface area (Å²) in [5, 5.41) is 6.86. The second-order valence-corrected chi connectivity index (χ2v) is 9.88. The van der Waals surface area contributed by atoms with Gasteiger partial charge in [0.25, 0.3) is 0 Å². The van der Waals surface area contributed by atoms with Gasteiger partial charge in [0.2, 0.25) is 0 Å². The topological polar surface area (TPSA) is 61.4 Å². The Morgan fingerprint density at radius 1 is 1.10 bits per heavy atom. The number of allylic oxidation sites excluding steroid dienone is 1. The molecule has 0 saturated carbocycles. The van der Waals surface area contributed by atoms with Crippen LogP contribution in [0.15, 0.2) is 12.2 Å². The highest BCUT2D eigenvalue weighted by Gasteiger charge is 2.38. The van der Waals surface area contributed by atoms with E-state index in [-0.39, 0.29) is 30.1 Å². The van der Waals surface area contributed by atoms with Crippen molar-refractivity contribution in [3.63, 3.8) is 0 Å². The van der Waals surface area contributed by atoms with E-state index in [4.69, 9.17) is 0 Å². The van der Waals surface area contributed by atoms with Crippen molar-refractivity contribution in [3.8, 4) is 0 Å². The van der Waals surface area contributed by atoms with Crippen LogP contribution >= 0.6 is 0 Å². The highest BCUT2D eigenvalue weighted by Crippen LogP contribution is 2.21. The first-order chi connectivity index (χ1) is 13.5. The Morgan fingerprint density at radius 3 is 2.38 bits per heavy atom. The van der Waals surface area contributed by atoms with E-state index in [1.54, 1.807) is 0 Å². The molecule has 1 aliphatic heterocycles. The molecule has 5 heteroatoms. The lowest BCUT2D eigenvalue weighted by Gasteiger charge is -2.37. The molecule has 0 spiro atoms. The molecule has 2 atom stereocenters. The van der Waals surface area contributed by atoms with Gasteiger partial charge < -0.3 is 10.2 Å². The van der Waals surface area contributed by atoms with Crippen LogP contribution in [0.2, 0.25) is 0 Å². The van der Waals surface area contributed by atoms with Gasteiger partial charge in [-0.2, -0.15) is 0 Å². The summed E-state index contributed by atoms with van der Waals surface area (Å²) in [7, 11) is 2.06. The molecule has 0 bridgehead atoms. The van der Waals surface area contributed by atoms with Crippen molar-refractivity contribution in [1.82, 2.24) is 15.5 Å². The zero-order chi connectivity index (χ0) is 22.1. The largest absolute Gasteiger partial charge is 0.302 e. The fourth-order valence-electron chi connectivity index (χ4n) is 4.33. The number of likely N-dealkylation sites (N-methyl/N-ethyl adjacent to an activating group) is 1. The van der Waals surface area contributed by atoms with Crippen LogP contribution in [0.5, 0.6) is 0 Å². The predicted molar refractivity (Wildman–Crippen MR) is 122 cm³/mol. The summed E-state index contributed by atoms with van der Waals surface area (Å²) in [4.78, 5) is 28.4. The molecule has 0 unspecified atom stereocenters. The van der Waals surface area contributed by atoms with Crippen LogP contribution in [-0.2, 0) is 9.59 Å². The molecule has 0 aromatic carbocycles. The molecule has 1 heterocycles. The van der Waals surface area contributed by atoms with E-state index in [2.05, 4.69) is 48.6 Å². The third-order valence-electron chi connectivity index (χ3n) is 5.90. The molecule has 2 N–H and O–H groups in total. The van der Waals surface area contributed by atoms with E-state index >= 15 is 0 Å². The van der Waals surface area contributed by atoms with Gasteiger partial charge in [0.1, 0.15) is 0 Å². The number of carbonyl (C=O) groups is 2. The zero-order valence-electron chi connectivity index (χ0n) is 19.9. The lowest BCUT2D eigenvalue weighted by molar-refractivity contribution is -0.129. The quantitative estimate of drug-likeness (QED) is 0.696. The standard InChI is InChI=1S/C24H45N3O2/c1-19(2)22(29)23(5)15-13-11-9-8-10-12-14-16-27(7)18-24(6,26-20(3)4)21(28)17-25-23/h12,14,19-20,25-26H,8-11,13,15-18H2,1-7H3/t23-,24+/m0/s1. The fourth-order valence-corrected chi connectivity index (χ4v) is 4.33. The van der Waals surface area contributed by atoms with Crippen molar-refractivity contribution in [2.24, 2.45) is 5.92 Å². The maximum Gasteiger partial charge on any atom is 0.167 e. The smallest absolute Gasteiger partial charge is 0.167 e. The first kappa shape index (κ1) is 26.0. The Balaban J connectivity index is 3.07. The molecule has 168 valence electrons. The fraction of sp³-hybridized carbons (Fsp3) is 0.833. The van der Waals surface area contributed by atoms with Crippen LogP contribution in [-0.4, -0.2) is 60.3 Å². The summed E-state index contributed by atoms with van der Waals surface area (Å²) in [5.41, 5.74) is -1.31. The third kappa shape index (κ3) is 8.69. The first-order valence-electron chi connectivity index (χ1n) is 11.4. The Bertz CT molecular complexity index is 558. The van der Waals surface area contributed by atoms with Crippen molar-refractivity contribution in [3.05, 3.63) is 12.2 Å². The number of Topliss-reactive ketones (excluding diaryl/α,β-unsaturated/α-hetero) is 2. The summed E-state index contributed by atoms with van der Waals surface area (Å²) >= 11 is 0. The Labute approximate surface area is 179 Å². The average molecular weight is 408 g/mol. The molecular weight excluding hydrogens is 362 g/mol. The van der Waals surface area contributed by atoms with Crippen LogP contribution < -0.4 is 10.6 Å². The minimum Gasteiger partial charge on any atom is -0.302 e. The normalized spacial score (nSPS) is 29.5. The van der Waals surface area contributed by atoms with Gasteiger partial charge in [-0.1, -0.05) is 45.3 Å². The number of ketones is 2. The molecule has 0 saturated heterocycles. The number of nitrogens with zero attached hydrogens (tertiary/aromatic N) is 1. The molecule has 0 aromatic heterocycles. The van der Waals surface area contributed by atoms with E-state index in [0.717, 1.165) is 32.2 Å². The average Bonchev–Trinajstić information content (AvgIpc) is 2.62. The Morgan fingerprint density at radius 2 is 1.76 bits per heavy atom.